The van der Waals surface area contributed by atoms with Crippen molar-refractivity contribution in [3.05, 3.63) is 53.0 Å². The summed E-state index contributed by atoms with van der Waals surface area (Å²) in [5.41, 5.74) is 1.16. The van der Waals surface area contributed by atoms with Crippen LogP contribution in [0, 0.1) is 11.8 Å². The van der Waals surface area contributed by atoms with E-state index in [1.54, 1.807) is 12.4 Å². The summed E-state index contributed by atoms with van der Waals surface area (Å²) in [5.74, 6) is -0.944. The Morgan fingerprint density at radius 2 is 2.05 bits per heavy atom. The van der Waals surface area contributed by atoms with Gasteiger partial charge in [-0.2, -0.15) is 0 Å². The minimum atomic E-state index is -0.944. The number of nitrogens with zero attached hydrogens (tertiary/aromatic N) is 3. The van der Waals surface area contributed by atoms with Gasteiger partial charge >= 0.3 is 5.97 Å². The van der Waals surface area contributed by atoms with Crippen molar-refractivity contribution >= 4 is 17.7 Å². The fourth-order valence-corrected chi connectivity index (χ4v) is 2.34. The largest absolute Gasteiger partial charge is 0.478 e. The summed E-state index contributed by atoms with van der Waals surface area (Å²) in [7, 11) is 0. The Kier molecular flexibility index (Phi) is 6.11. The molecule has 8 heteroatoms. The molecule has 2 heterocycles. The molecule has 2 aromatic heterocycles. The summed E-state index contributed by atoms with van der Waals surface area (Å²) in [6.07, 6.45) is 4.74. The first-order valence-corrected chi connectivity index (χ1v) is 6.14. The maximum absolute atomic E-state index is 11.0. The molecule has 0 saturated heterocycles. The second-order valence-corrected chi connectivity index (χ2v) is 4.61. The highest BCUT2D eigenvalue weighted by Crippen LogP contribution is 2.29. The fourth-order valence-electron chi connectivity index (χ4n) is 1.35. The molecule has 0 unspecified atom stereocenters. The molecule has 104 valence electrons. The smallest absolute Gasteiger partial charge is 0.336 e. The maximum Gasteiger partial charge on any atom is 0.336 e. The molecule has 0 aromatic carbocycles. The van der Waals surface area contributed by atoms with E-state index < -0.39 is 5.97 Å². The highest BCUT2D eigenvalue weighted by Gasteiger charge is 2.10. The number of aromatic nitrogens is 2. The summed E-state index contributed by atoms with van der Waals surface area (Å²) in [6.45, 7) is 1.89. The van der Waals surface area contributed by atoms with Crippen molar-refractivity contribution in [3.63, 3.8) is 0 Å². The van der Waals surface area contributed by atoms with Gasteiger partial charge in [-0.15, -0.1) is 4.91 Å². The zero-order valence-corrected chi connectivity index (χ0v) is 11.2. The predicted molar refractivity (Wildman–Crippen MR) is 71.9 cm³/mol. The first kappa shape index (κ1) is 15.6. The quantitative estimate of drug-likeness (QED) is 0.660. The summed E-state index contributed by atoms with van der Waals surface area (Å²) < 4.78 is 0. The minimum absolute atomic E-state index is 0.263. The van der Waals surface area contributed by atoms with Crippen LogP contribution in [-0.2, 0) is 0 Å². The lowest BCUT2D eigenvalue weighted by Crippen LogP contribution is -1.98. The lowest BCUT2D eigenvalue weighted by Gasteiger charge is -2.05. The van der Waals surface area contributed by atoms with Gasteiger partial charge in [0.25, 0.3) is 0 Å². The number of hydrogen-bond acceptors (Lipinski definition) is 6. The Morgan fingerprint density at radius 1 is 1.35 bits per heavy atom. The van der Waals surface area contributed by atoms with E-state index in [9.17, 15) is 4.79 Å². The first-order valence-electron chi connectivity index (χ1n) is 5.33. The van der Waals surface area contributed by atoms with Gasteiger partial charge in [-0.1, -0.05) is 11.8 Å². The van der Waals surface area contributed by atoms with Crippen LogP contribution in [0.4, 0.5) is 0 Å². The second-order valence-electron chi connectivity index (χ2n) is 3.49. The van der Waals surface area contributed by atoms with Crippen molar-refractivity contribution in [2.45, 2.75) is 16.7 Å². The minimum Gasteiger partial charge on any atom is -0.478 e. The lowest BCUT2D eigenvalue weighted by atomic mass is 10.3. The van der Waals surface area contributed by atoms with Crippen molar-refractivity contribution in [2.24, 2.45) is 5.34 Å². The Bertz CT molecular complexity index is 607. The zero-order valence-electron chi connectivity index (χ0n) is 10.4. The first-order chi connectivity index (χ1) is 9.58. The maximum atomic E-state index is 11.0. The molecule has 0 radical (unpaired) electrons. The van der Waals surface area contributed by atoms with Gasteiger partial charge < -0.3 is 10.3 Å². The van der Waals surface area contributed by atoms with E-state index in [0.29, 0.717) is 4.90 Å². The van der Waals surface area contributed by atoms with Crippen LogP contribution >= 0.6 is 11.8 Å². The zero-order chi connectivity index (χ0) is 15.0. The highest BCUT2D eigenvalue weighted by molar-refractivity contribution is 7.99. The van der Waals surface area contributed by atoms with Gasteiger partial charge in [0.05, 0.1) is 5.56 Å². The molecule has 0 bridgehead atoms. The van der Waals surface area contributed by atoms with Crippen molar-refractivity contribution < 1.29 is 15.1 Å². The Labute approximate surface area is 118 Å². The third-order valence-corrected chi connectivity index (χ3v) is 3.15. The van der Waals surface area contributed by atoms with E-state index in [1.807, 2.05) is 19.1 Å². The summed E-state index contributed by atoms with van der Waals surface area (Å²) in [5, 5.41) is 16.9. The van der Waals surface area contributed by atoms with Crippen molar-refractivity contribution in [3.8, 4) is 0 Å². The number of carbonyl (C=O) groups is 1. The SMILES string of the molecule is Cc1cc(Sc2cnccc2C(=O)O)ccn1.O=NO. The monoisotopic (exact) mass is 293 g/mol. The van der Waals surface area contributed by atoms with Gasteiger partial charge in [-0.05, 0) is 25.1 Å². The molecule has 2 rings (SSSR count). The predicted octanol–water partition coefficient (Wildman–Crippen LogP) is 2.78. The van der Waals surface area contributed by atoms with E-state index in [2.05, 4.69) is 9.97 Å². The van der Waals surface area contributed by atoms with Crippen LogP contribution in [-0.4, -0.2) is 26.3 Å². The number of carboxylic acids is 1. The van der Waals surface area contributed by atoms with Crippen LogP contribution in [0.25, 0.3) is 0 Å². The van der Waals surface area contributed by atoms with Gasteiger partial charge in [0.1, 0.15) is 0 Å². The molecule has 0 spiro atoms. The third-order valence-electron chi connectivity index (χ3n) is 2.11. The number of rotatable bonds is 3. The topological polar surface area (TPSA) is 113 Å². The molecule has 0 aliphatic heterocycles. The number of aromatic carboxylic acids is 1. The molecule has 7 nitrogen and oxygen atoms in total. The van der Waals surface area contributed by atoms with E-state index in [-0.39, 0.29) is 5.56 Å². The van der Waals surface area contributed by atoms with E-state index >= 15 is 0 Å². The molecule has 0 fully saturated rings. The standard InChI is InChI=1S/C12H10N2O2S.HNO2/c1-8-6-9(2-5-14-8)17-11-7-13-4-3-10(11)12(15)16;2-1-3/h2-7H,1H3,(H,15,16);(H,2,3). The Morgan fingerprint density at radius 3 is 2.65 bits per heavy atom. The van der Waals surface area contributed by atoms with Crippen LogP contribution in [0.5, 0.6) is 0 Å². The van der Waals surface area contributed by atoms with Crippen molar-refractivity contribution in [1.82, 2.24) is 9.97 Å². The van der Waals surface area contributed by atoms with Crippen LogP contribution < -0.4 is 0 Å². The fraction of sp³-hybridized carbons (Fsp3) is 0.0833. The van der Waals surface area contributed by atoms with Crippen LogP contribution in [0.2, 0.25) is 0 Å². The summed E-state index contributed by atoms with van der Waals surface area (Å²) >= 11 is 1.37. The average Bonchev–Trinajstić information content (AvgIpc) is 2.40. The van der Waals surface area contributed by atoms with E-state index in [4.69, 9.17) is 15.2 Å². The van der Waals surface area contributed by atoms with Crippen LogP contribution in [0.1, 0.15) is 16.1 Å². The number of aryl methyl sites for hydroxylation is 1. The number of carboxylic acid groups (broad SMARTS) is 1. The van der Waals surface area contributed by atoms with Gasteiger partial charge in [0, 0.05) is 34.1 Å². The number of pyridine rings is 2. The summed E-state index contributed by atoms with van der Waals surface area (Å²) in [6, 6.07) is 5.25. The molecule has 0 atom stereocenters. The lowest BCUT2D eigenvalue weighted by molar-refractivity contribution is 0.0693. The normalized spacial score (nSPS) is 9.25. The molecular formula is C12H11N3O4S. The van der Waals surface area contributed by atoms with Gasteiger partial charge in [0.2, 0.25) is 0 Å². The molecule has 0 saturated carbocycles. The van der Waals surface area contributed by atoms with Gasteiger partial charge in [0.15, 0.2) is 5.34 Å². The van der Waals surface area contributed by atoms with Gasteiger partial charge in [-0.3, -0.25) is 9.97 Å². The molecule has 2 aromatic rings. The molecule has 0 aliphatic rings. The average molecular weight is 293 g/mol. The third kappa shape index (κ3) is 4.65. The Hall–Kier alpha value is -2.48. The van der Waals surface area contributed by atoms with E-state index in [0.717, 1.165) is 10.6 Å². The molecule has 2 N–H and O–H groups in total. The summed E-state index contributed by atoms with van der Waals surface area (Å²) in [4.78, 5) is 28.8. The molecular weight excluding hydrogens is 282 g/mol. The van der Waals surface area contributed by atoms with Gasteiger partial charge in [-0.25, -0.2) is 4.79 Å². The van der Waals surface area contributed by atoms with Crippen LogP contribution in [0.3, 0.4) is 0 Å². The van der Waals surface area contributed by atoms with E-state index in [1.165, 1.54) is 29.4 Å². The highest BCUT2D eigenvalue weighted by atomic mass is 32.2. The molecule has 0 aliphatic carbocycles. The second kappa shape index (κ2) is 7.85. The molecule has 0 amide bonds. The van der Waals surface area contributed by atoms with Crippen LogP contribution in [0.15, 0.2) is 51.9 Å². The van der Waals surface area contributed by atoms with Crippen molar-refractivity contribution in [2.75, 3.05) is 0 Å². The Balaban J connectivity index is 0.000000612. The number of hydrogen-bond donors (Lipinski definition) is 2. The molecule has 20 heavy (non-hydrogen) atoms. The van der Waals surface area contributed by atoms with Crippen molar-refractivity contribution in [1.29, 1.82) is 0 Å².